The molecule has 1 aromatic heterocycles. The fourth-order valence-corrected chi connectivity index (χ4v) is 3.48. The molecule has 0 saturated carbocycles. The zero-order chi connectivity index (χ0) is 24.6. The van der Waals surface area contributed by atoms with Gasteiger partial charge in [-0.1, -0.05) is 24.8 Å². The summed E-state index contributed by atoms with van der Waals surface area (Å²) in [4.78, 5) is 42.1. The maximum atomic E-state index is 12.9. The van der Waals surface area contributed by atoms with Gasteiger partial charge in [0.15, 0.2) is 5.54 Å². The molecule has 34 heavy (non-hydrogen) atoms. The molecule has 176 valence electrons. The van der Waals surface area contributed by atoms with Crippen LogP contribution in [0.2, 0.25) is 0 Å². The van der Waals surface area contributed by atoms with Gasteiger partial charge >= 0.3 is 6.03 Å². The molecular formula is C25H26N4O5. The fourth-order valence-electron chi connectivity index (χ4n) is 3.48. The second-order valence-corrected chi connectivity index (χ2v) is 7.52. The number of pyridine rings is 1. The summed E-state index contributed by atoms with van der Waals surface area (Å²) in [6.45, 7) is 5.85. The van der Waals surface area contributed by atoms with Crippen LogP contribution in [0, 0.1) is 0 Å². The lowest BCUT2D eigenvalue weighted by Gasteiger charge is -2.31. The topological polar surface area (TPSA) is 110 Å². The van der Waals surface area contributed by atoms with Gasteiger partial charge in [-0.2, -0.15) is 0 Å². The number of nitrogens with one attached hydrogen (secondary N) is 2. The van der Waals surface area contributed by atoms with E-state index in [1.165, 1.54) is 4.90 Å². The molecule has 2 heterocycles. The largest absolute Gasteiger partial charge is 0.497 e. The molecule has 0 radical (unpaired) electrons. The van der Waals surface area contributed by atoms with E-state index >= 15 is 0 Å². The number of rotatable bonds is 11. The molecule has 0 bridgehead atoms. The van der Waals surface area contributed by atoms with Crippen molar-refractivity contribution in [2.45, 2.75) is 12.5 Å². The average molecular weight is 463 g/mol. The van der Waals surface area contributed by atoms with E-state index in [1.807, 2.05) is 6.92 Å². The number of hydrogen-bond donors (Lipinski definition) is 2. The molecule has 2 N–H and O–H groups in total. The van der Waals surface area contributed by atoms with E-state index in [0.717, 1.165) is 0 Å². The van der Waals surface area contributed by atoms with Crippen LogP contribution in [-0.2, 0) is 19.9 Å². The van der Waals surface area contributed by atoms with E-state index in [1.54, 1.807) is 74.1 Å². The Hall–Kier alpha value is -4.40. The van der Waals surface area contributed by atoms with Crippen molar-refractivity contribution >= 4 is 18.3 Å². The number of amides is 4. The summed E-state index contributed by atoms with van der Waals surface area (Å²) < 4.78 is 10.9. The molecule has 9 heteroatoms. The number of allylic oxidation sites excluding steroid dienone is 2. The van der Waals surface area contributed by atoms with Gasteiger partial charge in [-0.05, 0) is 54.5 Å². The summed E-state index contributed by atoms with van der Waals surface area (Å²) in [7, 11) is 1.55. The summed E-state index contributed by atoms with van der Waals surface area (Å²) in [5.41, 5.74) is -0.343. The molecule has 2 aromatic rings. The minimum absolute atomic E-state index is 0.0910. The lowest BCUT2D eigenvalue weighted by atomic mass is 9.89. The van der Waals surface area contributed by atoms with E-state index in [0.29, 0.717) is 34.8 Å². The number of nitrogens with zero attached hydrogens (tertiary/aromatic N) is 2. The maximum Gasteiger partial charge on any atom is 0.322 e. The van der Waals surface area contributed by atoms with Crippen molar-refractivity contribution in [1.29, 1.82) is 0 Å². The van der Waals surface area contributed by atoms with Gasteiger partial charge in [0.1, 0.15) is 17.3 Å². The van der Waals surface area contributed by atoms with Crippen molar-refractivity contribution in [2.75, 3.05) is 20.2 Å². The number of carbonyl (C=O) groups is 3. The lowest BCUT2D eigenvalue weighted by molar-refractivity contribution is -0.126. The van der Waals surface area contributed by atoms with E-state index in [-0.39, 0.29) is 13.1 Å². The maximum absolute atomic E-state index is 12.9. The Bertz CT molecular complexity index is 1110. The third-order valence-corrected chi connectivity index (χ3v) is 5.17. The monoisotopic (exact) mass is 462 g/mol. The standard InChI is InChI=1S/C25H26N4O5/c1-4-20(33-3)8-5-18(2)15-29(17-30)16-25(23(31)27-24(32)28-25)19-6-9-21(10-7-19)34-22-11-13-26-14-12-22/h4-14,17H,2,15-16H2,1,3H3,(H2,27,28,31,32)/b8-5-,20-4+/t25-/m0/s1. The number of carbonyl (C=O) groups excluding carboxylic acids is 3. The minimum Gasteiger partial charge on any atom is -0.497 e. The van der Waals surface area contributed by atoms with Crippen LogP contribution in [0.15, 0.2) is 84.9 Å². The highest BCUT2D eigenvalue weighted by atomic mass is 16.5. The van der Waals surface area contributed by atoms with Crippen LogP contribution < -0.4 is 15.4 Å². The highest BCUT2D eigenvalue weighted by Crippen LogP contribution is 2.29. The smallest absolute Gasteiger partial charge is 0.322 e. The van der Waals surface area contributed by atoms with E-state index in [9.17, 15) is 14.4 Å². The molecule has 4 amide bonds. The molecular weight excluding hydrogens is 436 g/mol. The van der Waals surface area contributed by atoms with E-state index in [4.69, 9.17) is 9.47 Å². The quantitative estimate of drug-likeness (QED) is 0.230. The van der Waals surface area contributed by atoms with Crippen LogP contribution in [0.5, 0.6) is 11.5 Å². The van der Waals surface area contributed by atoms with Gasteiger partial charge < -0.3 is 19.7 Å². The minimum atomic E-state index is -1.46. The predicted molar refractivity (Wildman–Crippen MR) is 126 cm³/mol. The Morgan fingerprint density at radius 1 is 1.12 bits per heavy atom. The number of ether oxygens (including phenoxy) is 2. The zero-order valence-corrected chi connectivity index (χ0v) is 19.0. The summed E-state index contributed by atoms with van der Waals surface area (Å²) in [6.07, 6.45) is 9.09. The number of imide groups is 1. The van der Waals surface area contributed by atoms with Crippen molar-refractivity contribution in [3.63, 3.8) is 0 Å². The van der Waals surface area contributed by atoms with Crippen LogP contribution in [0.25, 0.3) is 0 Å². The van der Waals surface area contributed by atoms with Crippen LogP contribution in [0.3, 0.4) is 0 Å². The predicted octanol–water partition coefficient (Wildman–Crippen LogP) is 3.03. The van der Waals surface area contributed by atoms with Gasteiger partial charge in [-0.3, -0.25) is 19.9 Å². The molecule has 1 aromatic carbocycles. The van der Waals surface area contributed by atoms with Crippen LogP contribution in [0.1, 0.15) is 12.5 Å². The van der Waals surface area contributed by atoms with Crippen molar-refractivity contribution in [3.8, 4) is 11.5 Å². The van der Waals surface area contributed by atoms with Crippen molar-refractivity contribution in [2.24, 2.45) is 0 Å². The molecule has 1 saturated heterocycles. The highest BCUT2D eigenvalue weighted by molar-refractivity contribution is 6.07. The van der Waals surface area contributed by atoms with Gasteiger partial charge in [0.05, 0.1) is 13.7 Å². The molecule has 1 aliphatic rings. The van der Waals surface area contributed by atoms with Crippen LogP contribution >= 0.6 is 0 Å². The SMILES string of the molecule is C=C(/C=C\C(=C/C)OC)CN(C=O)C[C@@]1(c2ccc(Oc3ccncc3)cc2)NC(=O)NC1=O. The molecule has 0 aliphatic carbocycles. The second kappa shape index (κ2) is 11.0. The first-order valence-electron chi connectivity index (χ1n) is 10.5. The summed E-state index contributed by atoms with van der Waals surface area (Å²) in [5, 5.41) is 4.95. The molecule has 1 aliphatic heterocycles. The van der Waals surface area contributed by atoms with Gasteiger partial charge in [0, 0.05) is 18.9 Å². The Morgan fingerprint density at radius 2 is 1.79 bits per heavy atom. The lowest BCUT2D eigenvalue weighted by Crippen LogP contribution is -2.52. The molecule has 1 atom stereocenters. The molecule has 9 nitrogen and oxygen atoms in total. The number of urea groups is 1. The second-order valence-electron chi connectivity index (χ2n) is 7.52. The van der Waals surface area contributed by atoms with Crippen molar-refractivity contribution in [1.82, 2.24) is 20.5 Å². The fraction of sp³-hybridized carbons (Fsp3) is 0.200. The van der Waals surface area contributed by atoms with E-state index in [2.05, 4.69) is 22.2 Å². The van der Waals surface area contributed by atoms with Gasteiger partial charge in [0.25, 0.3) is 5.91 Å². The zero-order valence-electron chi connectivity index (χ0n) is 19.0. The molecule has 0 spiro atoms. The Balaban J connectivity index is 1.80. The van der Waals surface area contributed by atoms with Crippen molar-refractivity contribution < 1.29 is 23.9 Å². The number of methoxy groups -OCH3 is 1. The first-order chi connectivity index (χ1) is 16.4. The molecule has 1 fully saturated rings. The number of aromatic nitrogens is 1. The van der Waals surface area contributed by atoms with E-state index < -0.39 is 17.5 Å². The third-order valence-electron chi connectivity index (χ3n) is 5.17. The Labute approximate surface area is 197 Å². The Kier molecular flexibility index (Phi) is 7.81. The molecule has 3 rings (SSSR count). The normalized spacial score (nSPS) is 17.8. The Morgan fingerprint density at radius 3 is 2.35 bits per heavy atom. The average Bonchev–Trinajstić information content (AvgIpc) is 3.13. The highest BCUT2D eigenvalue weighted by Gasteiger charge is 2.48. The first kappa shape index (κ1) is 24.2. The van der Waals surface area contributed by atoms with Gasteiger partial charge in [-0.25, -0.2) is 4.79 Å². The van der Waals surface area contributed by atoms with Crippen molar-refractivity contribution in [3.05, 3.63) is 90.5 Å². The van der Waals surface area contributed by atoms with Gasteiger partial charge in [0.2, 0.25) is 6.41 Å². The number of benzene rings is 1. The third kappa shape index (κ3) is 5.69. The summed E-state index contributed by atoms with van der Waals surface area (Å²) in [6, 6.07) is 9.53. The summed E-state index contributed by atoms with van der Waals surface area (Å²) in [5.74, 6) is 1.24. The summed E-state index contributed by atoms with van der Waals surface area (Å²) >= 11 is 0. The molecule has 0 unspecified atom stereocenters. The van der Waals surface area contributed by atoms with Gasteiger partial charge in [-0.15, -0.1) is 0 Å². The first-order valence-corrected chi connectivity index (χ1v) is 10.5. The van der Waals surface area contributed by atoms with Crippen LogP contribution in [-0.4, -0.2) is 48.4 Å². The number of hydrogen-bond acceptors (Lipinski definition) is 6. The van der Waals surface area contributed by atoms with Crippen LogP contribution in [0.4, 0.5) is 4.79 Å².